The Kier molecular flexibility index (Phi) is 8.51. The second-order valence-corrected chi connectivity index (χ2v) is 8.84. The molecule has 36 heavy (non-hydrogen) atoms. The summed E-state index contributed by atoms with van der Waals surface area (Å²) >= 11 is 0. The first-order valence-electron chi connectivity index (χ1n) is 12.1. The summed E-state index contributed by atoms with van der Waals surface area (Å²) in [5.41, 5.74) is 4.76. The highest BCUT2D eigenvalue weighted by molar-refractivity contribution is 5.78. The second-order valence-electron chi connectivity index (χ2n) is 8.84. The summed E-state index contributed by atoms with van der Waals surface area (Å²) < 4.78 is 26.2. The highest BCUT2D eigenvalue weighted by atomic mass is 19.1. The maximum atomic E-state index is 13.3. The largest absolute Gasteiger partial charge is 0.494 e. The fourth-order valence-electron chi connectivity index (χ4n) is 4.57. The van der Waals surface area contributed by atoms with Crippen molar-refractivity contribution in [1.29, 1.82) is 0 Å². The van der Waals surface area contributed by atoms with Crippen LogP contribution < -0.4 is 4.74 Å². The van der Waals surface area contributed by atoms with Gasteiger partial charge in [0.15, 0.2) is 0 Å². The standard InChI is InChI=1S/C28H33FN4O3/c1-4-14-31-15-13-25-23(19-31)24(30-33(25)26-7-5-6-8-27(26)36-3)20-32(16-17-35-2)28(34)18-21-9-11-22(29)12-10-21/h4-12H,1,13-20H2,2-3H3. The van der Waals surface area contributed by atoms with Crippen LogP contribution in [0.3, 0.4) is 0 Å². The lowest BCUT2D eigenvalue weighted by Crippen LogP contribution is -2.36. The van der Waals surface area contributed by atoms with E-state index in [1.165, 1.54) is 12.1 Å². The summed E-state index contributed by atoms with van der Waals surface area (Å²) in [4.78, 5) is 17.4. The molecule has 4 rings (SSSR count). The van der Waals surface area contributed by atoms with Gasteiger partial charge in [0.05, 0.1) is 38.1 Å². The first-order valence-corrected chi connectivity index (χ1v) is 12.1. The lowest BCUT2D eigenvalue weighted by molar-refractivity contribution is -0.131. The first kappa shape index (κ1) is 25.6. The molecule has 0 spiro atoms. The van der Waals surface area contributed by atoms with Gasteiger partial charge < -0.3 is 14.4 Å². The Morgan fingerprint density at radius 3 is 2.69 bits per heavy atom. The van der Waals surface area contributed by atoms with Gasteiger partial charge in [-0.25, -0.2) is 9.07 Å². The summed E-state index contributed by atoms with van der Waals surface area (Å²) in [7, 11) is 3.27. The summed E-state index contributed by atoms with van der Waals surface area (Å²) in [5.74, 6) is 0.365. The number of fused-ring (bicyclic) bond motifs is 1. The van der Waals surface area contributed by atoms with Crippen LogP contribution in [0.25, 0.3) is 5.69 Å². The number of carbonyl (C=O) groups excluding carboxylic acids is 1. The van der Waals surface area contributed by atoms with E-state index in [0.717, 1.165) is 60.0 Å². The Balaban J connectivity index is 1.68. The Hall–Kier alpha value is -3.49. The van der Waals surface area contributed by atoms with E-state index in [0.29, 0.717) is 19.7 Å². The minimum Gasteiger partial charge on any atom is -0.494 e. The zero-order valence-electron chi connectivity index (χ0n) is 21.0. The lowest BCUT2D eigenvalue weighted by atomic mass is 10.0. The SMILES string of the molecule is C=CCN1CCc2c(c(CN(CCOC)C(=O)Cc3ccc(F)cc3)nn2-c2ccccc2OC)C1. The van der Waals surface area contributed by atoms with Gasteiger partial charge in [-0.3, -0.25) is 9.69 Å². The molecule has 8 heteroatoms. The highest BCUT2D eigenvalue weighted by Gasteiger charge is 2.28. The Morgan fingerprint density at radius 1 is 1.19 bits per heavy atom. The van der Waals surface area contributed by atoms with Crippen molar-refractivity contribution in [2.75, 3.05) is 40.5 Å². The van der Waals surface area contributed by atoms with E-state index in [1.54, 1.807) is 31.3 Å². The number of halogens is 1. The third kappa shape index (κ3) is 5.83. The van der Waals surface area contributed by atoms with Crippen molar-refractivity contribution >= 4 is 5.91 Å². The molecule has 7 nitrogen and oxygen atoms in total. The third-order valence-corrected chi connectivity index (χ3v) is 6.45. The number of ether oxygens (including phenoxy) is 2. The van der Waals surface area contributed by atoms with Crippen LogP contribution in [-0.4, -0.2) is 65.9 Å². The van der Waals surface area contributed by atoms with Crippen LogP contribution in [0.4, 0.5) is 4.39 Å². The van der Waals surface area contributed by atoms with Crippen LogP contribution in [0.15, 0.2) is 61.2 Å². The third-order valence-electron chi connectivity index (χ3n) is 6.45. The van der Waals surface area contributed by atoms with Gasteiger partial charge in [-0.2, -0.15) is 5.10 Å². The number of benzene rings is 2. The van der Waals surface area contributed by atoms with Gasteiger partial charge in [0.2, 0.25) is 5.91 Å². The number of para-hydroxylation sites is 2. The van der Waals surface area contributed by atoms with Crippen LogP contribution >= 0.6 is 0 Å². The maximum Gasteiger partial charge on any atom is 0.227 e. The Labute approximate surface area is 211 Å². The van der Waals surface area contributed by atoms with E-state index < -0.39 is 0 Å². The number of nitrogens with zero attached hydrogens (tertiary/aromatic N) is 4. The zero-order valence-corrected chi connectivity index (χ0v) is 21.0. The Bertz CT molecular complexity index is 1190. The van der Waals surface area contributed by atoms with E-state index in [9.17, 15) is 9.18 Å². The van der Waals surface area contributed by atoms with Crippen molar-refractivity contribution in [3.63, 3.8) is 0 Å². The average Bonchev–Trinajstić information content (AvgIpc) is 3.25. The van der Waals surface area contributed by atoms with E-state index in [2.05, 4.69) is 11.5 Å². The molecule has 0 bridgehead atoms. The number of rotatable bonds is 11. The number of amides is 1. The molecule has 0 saturated heterocycles. The molecule has 2 heterocycles. The second kappa shape index (κ2) is 12.0. The van der Waals surface area contributed by atoms with Gasteiger partial charge in [-0.15, -0.1) is 6.58 Å². The minimum absolute atomic E-state index is 0.0574. The predicted octanol–water partition coefficient (Wildman–Crippen LogP) is 3.78. The van der Waals surface area contributed by atoms with Crippen molar-refractivity contribution in [2.45, 2.75) is 25.9 Å². The van der Waals surface area contributed by atoms with Crippen molar-refractivity contribution in [1.82, 2.24) is 19.6 Å². The number of hydrogen-bond donors (Lipinski definition) is 0. The number of hydrogen-bond acceptors (Lipinski definition) is 5. The van der Waals surface area contributed by atoms with Crippen LogP contribution in [0, 0.1) is 5.82 Å². The molecule has 0 fully saturated rings. The van der Waals surface area contributed by atoms with Crippen molar-refractivity contribution in [3.05, 3.63) is 89.5 Å². The van der Waals surface area contributed by atoms with Gasteiger partial charge in [0.25, 0.3) is 0 Å². The topological polar surface area (TPSA) is 59.8 Å². The molecule has 0 unspecified atom stereocenters. The summed E-state index contributed by atoms with van der Waals surface area (Å²) in [6.07, 6.45) is 2.92. The van der Waals surface area contributed by atoms with Crippen LogP contribution in [0.2, 0.25) is 0 Å². The molecule has 1 aliphatic heterocycles. The van der Waals surface area contributed by atoms with Gasteiger partial charge in [0.1, 0.15) is 17.3 Å². The molecule has 1 amide bonds. The average molecular weight is 493 g/mol. The number of methoxy groups -OCH3 is 2. The van der Waals surface area contributed by atoms with E-state index in [1.807, 2.05) is 35.0 Å². The predicted molar refractivity (Wildman–Crippen MR) is 137 cm³/mol. The first-order chi connectivity index (χ1) is 17.5. The van der Waals surface area contributed by atoms with Crippen LogP contribution in [-0.2, 0) is 35.5 Å². The van der Waals surface area contributed by atoms with E-state index in [4.69, 9.17) is 14.6 Å². The summed E-state index contributed by atoms with van der Waals surface area (Å²) in [5, 5.41) is 5.01. The molecule has 1 aromatic heterocycles. The molecular weight excluding hydrogens is 459 g/mol. The molecule has 3 aromatic rings. The van der Waals surface area contributed by atoms with Gasteiger partial charge in [-0.1, -0.05) is 30.3 Å². The van der Waals surface area contributed by atoms with Crippen molar-refractivity contribution in [3.8, 4) is 11.4 Å². The van der Waals surface area contributed by atoms with Crippen molar-refractivity contribution < 1.29 is 18.7 Å². The molecule has 1 aliphatic rings. The van der Waals surface area contributed by atoms with Crippen molar-refractivity contribution in [2.24, 2.45) is 0 Å². The van der Waals surface area contributed by atoms with Gasteiger partial charge in [-0.05, 0) is 29.8 Å². The fourth-order valence-corrected chi connectivity index (χ4v) is 4.57. The van der Waals surface area contributed by atoms with Gasteiger partial charge in [0, 0.05) is 45.3 Å². The minimum atomic E-state index is -0.319. The smallest absolute Gasteiger partial charge is 0.227 e. The molecular formula is C28H33FN4O3. The monoisotopic (exact) mass is 492 g/mol. The van der Waals surface area contributed by atoms with E-state index >= 15 is 0 Å². The number of carbonyl (C=O) groups is 1. The van der Waals surface area contributed by atoms with Gasteiger partial charge >= 0.3 is 0 Å². The highest BCUT2D eigenvalue weighted by Crippen LogP contribution is 2.30. The van der Waals surface area contributed by atoms with Crippen LogP contribution in [0.5, 0.6) is 5.75 Å². The molecule has 190 valence electrons. The fraction of sp³-hybridized carbons (Fsp3) is 0.357. The quantitative estimate of drug-likeness (QED) is 0.381. The lowest BCUT2D eigenvalue weighted by Gasteiger charge is -2.27. The van der Waals surface area contributed by atoms with Crippen LogP contribution in [0.1, 0.15) is 22.5 Å². The summed E-state index contributed by atoms with van der Waals surface area (Å²) in [6, 6.07) is 13.9. The summed E-state index contributed by atoms with van der Waals surface area (Å²) in [6.45, 7) is 7.51. The molecule has 0 radical (unpaired) electrons. The normalized spacial score (nSPS) is 13.3. The zero-order chi connectivity index (χ0) is 25.5. The number of aromatic nitrogens is 2. The molecule has 2 aromatic carbocycles. The van der Waals surface area contributed by atoms with E-state index in [-0.39, 0.29) is 18.1 Å². The molecule has 0 atom stereocenters. The molecule has 0 saturated carbocycles. The molecule has 0 aliphatic carbocycles. The maximum absolute atomic E-state index is 13.3. The Morgan fingerprint density at radius 2 is 1.97 bits per heavy atom. The molecule has 0 N–H and O–H groups in total.